The lowest BCUT2D eigenvalue weighted by atomic mass is 10.1. The van der Waals surface area contributed by atoms with Crippen LogP contribution in [0.4, 0.5) is 0 Å². The first-order valence-electron chi connectivity index (χ1n) is 10.9. The number of hydrogen-bond donors (Lipinski definition) is 0. The predicted octanol–water partition coefficient (Wildman–Crippen LogP) is 4.30. The zero-order chi connectivity index (χ0) is 21.4. The van der Waals surface area contributed by atoms with Gasteiger partial charge in [-0.3, -0.25) is 4.79 Å². The molecule has 0 radical (unpaired) electrons. The summed E-state index contributed by atoms with van der Waals surface area (Å²) in [6.45, 7) is 7.89. The fourth-order valence-corrected chi connectivity index (χ4v) is 5.22. The molecule has 1 saturated heterocycles. The minimum absolute atomic E-state index is 0.0737. The molecule has 164 valence electrons. The van der Waals surface area contributed by atoms with Crippen LogP contribution in [0.1, 0.15) is 76.1 Å². The van der Waals surface area contributed by atoms with Crippen molar-refractivity contribution in [3.63, 3.8) is 0 Å². The van der Waals surface area contributed by atoms with Crippen LogP contribution in [0, 0.1) is 0 Å². The van der Waals surface area contributed by atoms with Gasteiger partial charge in [0, 0.05) is 25.7 Å². The number of methoxy groups -OCH3 is 1. The van der Waals surface area contributed by atoms with Crippen molar-refractivity contribution in [1.29, 1.82) is 0 Å². The number of sulfonamides is 1. The number of carbonyl (C=O) groups is 1. The molecule has 1 atom stereocenters. The summed E-state index contributed by atoms with van der Waals surface area (Å²) in [5, 5.41) is 0. The number of carbonyl (C=O) groups excluding carboxylic acids is 1. The summed E-state index contributed by atoms with van der Waals surface area (Å²) in [4.78, 5) is 15.4. The maximum absolute atomic E-state index is 13.4. The zero-order valence-electron chi connectivity index (χ0n) is 18.3. The molecule has 0 aromatic heterocycles. The fourth-order valence-electron chi connectivity index (χ4n) is 3.67. The second kappa shape index (κ2) is 11.0. The molecule has 0 bridgehead atoms. The lowest BCUT2D eigenvalue weighted by Crippen LogP contribution is -2.39. The minimum atomic E-state index is -3.63. The van der Waals surface area contributed by atoms with E-state index in [2.05, 4.69) is 6.92 Å². The fraction of sp³-hybridized carbons (Fsp3) is 0.682. The Bertz CT molecular complexity index is 771. The van der Waals surface area contributed by atoms with Crippen molar-refractivity contribution in [3.05, 3.63) is 23.8 Å². The molecule has 6 nitrogen and oxygen atoms in total. The molecule has 1 fully saturated rings. The van der Waals surface area contributed by atoms with Gasteiger partial charge in [0.1, 0.15) is 5.75 Å². The molecule has 7 heteroatoms. The Hall–Kier alpha value is -1.60. The SMILES string of the molecule is CCCCN(C(=O)c1cc(S(=O)(=O)N2CCCCCC2)ccc1OC)C(C)CC. The number of rotatable bonds is 9. The van der Waals surface area contributed by atoms with Gasteiger partial charge in [-0.05, 0) is 50.8 Å². The topological polar surface area (TPSA) is 66.9 Å². The average molecular weight is 425 g/mol. The third kappa shape index (κ3) is 5.72. The minimum Gasteiger partial charge on any atom is -0.496 e. The number of nitrogens with zero attached hydrogens (tertiary/aromatic N) is 2. The van der Waals surface area contributed by atoms with Crippen LogP contribution in [0.3, 0.4) is 0 Å². The van der Waals surface area contributed by atoms with E-state index in [9.17, 15) is 13.2 Å². The van der Waals surface area contributed by atoms with Crippen LogP contribution in [0.25, 0.3) is 0 Å². The molecule has 0 aliphatic carbocycles. The summed E-state index contributed by atoms with van der Waals surface area (Å²) < 4.78 is 33.4. The van der Waals surface area contributed by atoms with Crippen LogP contribution in [0.5, 0.6) is 5.75 Å². The van der Waals surface area contributed by atoms with Gasteiger partial charge in [0.05, 0.1) is 17.6 Å². The Kier molecular flexibility index (Phi) is 8.96. The average Bonchev–Trinajstić information content (AvgIpc) is 3.03. The predicted molar refractivity (Wildman–Crippen MR) is 116 cm³/mol. The van der Waals surface area contributed by atoms with Crippen molar-refractivity contribution in [1.82, 2.24) is 9.21 Å². The molecular formula is C22H36N2O4S. The molecule has 2 rings (SSSR count). The highest BCUT2D eigenvalue weighted by Gasteiger charge is 2.29. The van der Waals surface area contributed by atoms with Crippen molar-refractivity contribution >= 4 is 15.9 Å². The van der Waals surface area contributed by atoms with Gasteiger partial charge in [0.25, 0.3) is 5.91 Å². The van der Waals surface area contributed by atoms with E-state index in [4.69, 9.17) is 4.74 Å². The van der Waals surface area contributed by atoms with E-state index in [-0.39, 0.29) is 16.8 Å². The molecule has 1 aliphatic rings. The molecule has 1 aromatic carbocycles. The molecule has 1 amide bonds. The van der Waals surface area contributed by atoms with E-state index in [1.165, 1.54) is 13.2 Å². The molecule has 1 unspecified atom stereocenters. The van der Waals surface area contributed by atoms with Gasteiger partial charge in [-0.2, -0.15) is 4.31 Å². The number of unbranched alkanes of at least 4 members (excludes halogenated alkanes) is 1. The van der Waals surface area contributed by atoms with Crippen molar-refractivity contribution < 1.29 is 17.9 Å². The quantitative estimate of drug-likeness (QED) is 0.593. The summed E-state index contributed by atoms with van der Waals surface area (Å²) in [5.41, 5.74) is 0.319. The molecule has 1 heterocycles. The van der Waals surface area contributed by atoms with Crippen molar-refractivity contribution in [3.8, 4) is 5.75 Å². The summed E-state index contributed by atoms with van der Waals surface area (Å²) in [6.07, 6.45) is 6.59. The van der Waals surface area contributed by atoms with Crippen LogP contribution < -0.4 is 4.74 Å². The van der Waals surface area contributed by atoms with E-state index in [1.54, 1.807) is 16.4 Å². The molecule has 1 aromatic rings. The first-order valence-corrected chi connectivity index (χ1v) is 12.3. The summed E-state index contributed by atoms with van der Waals surface area (Å²) >= 11 is 0. The van der Waals surface area contributed by atoms with Crippen LogP contribution in [0.15, 0.2) is 23.1 Å². The lowest BCUT2D eigenvalue weighted by Gasteiger charge is -2.29. The van der Waals surface area contributed by atoms with Crippen molar-refractivity contribution in [2.45, 2.75) is 76.7 Å². The van der Waals surface area contributed by atoms with Crippen LogP contribution in [-0.4, -0.2) is 56.3 Å². The highest BCUT2D eigenvalue weighted by atomic mass is 32.2. The third-order valence-electron chi connectivity index (χ3n) is 5.74. The zero-order valence-corrected chi connectivity index (χ0v) is 19.1. The summed E-state index contributed by atoms with van der Waals surface area (Å²) in [5.74, 6) is 0.243. The van der Waals surface area contributed by atoms with E-state index in [0.717, 1.165) is 44.9 Å². The monoisotopic (exact) mass is 424 g/mol. The summed E-state index contributed by atoms with van der Waals surface area (Å²) in [6, 6.07) is 4.73. The van der Waals surface area contributed by atoms with Gasteiger partial charge in [-0.1, -0.05) is 33.1 Å². The standard InChI is InChI=1S/C22H36N2O4S/c1-5-7-16-24(18(3)6-2)22(25)20-17-19(12-13-21(20)28-4)29(26,27)23-14-10-8-9-11-15-23/h12-13,17-18H,5-11,14-16H2,1-4H3. The second-order valence-corrected chi connectivity index (χ2v) is 9.73. The van der Waals surface area contributed by atoms with Gasteiger partial charge in [-0.15, -0.1) is 0 Å². The number of benzene rings is 1. The third-order valence-corrected chi connectivity index (χ3v) is 7.64. The van der Waals surface area contributed by atoms with Crippen LogP contribution >= 0.6 is 0 Å². The lowest BCUT2D eigenvalue weighted by molar-refractivity contribution is 0.0681. The highest BCUT2D eigenvalue weighted by molar-refractivity contribution is 7.89. The Morgan fingerprint density at radius 1 is 1.17 bits per heavy atom. The first-order chi connectivity index (χ1) is 13.9. The molecule has 0 N–H and O–H groups in total. The van der Waals surface area contributed by atoms with Crippen molar-refractivity contribution in [2.24, 2.45) is 0 Å². The Labute approximate surface area is 176 Å². The van der Waals surface area contributed by atoms with E-state index >= 15 is 0 Å². The van der Waals surface area contributed by atoms with Gasteiger partial charge >= 0.3 is 0 Å². The van der Waals surface area contributed by atoms with Gasteiger partial charge < -0.3 is 9.64 Å². The van der Waals surface area contributed by atoms with Gasteiger partial charge in [-0.25, -0.2) is 8.42 Å². The van der Waals surface area contributed by atoms with Gasteiger partial charge in [0.2, 0.25) is 10.0 Å². The maximum atomic E-state index is 13.4. The Morgan fingerprint density at radius 2 is 1.83 bits per heavy atom. The van der Waals surface area contributed by atoms with E-state index in [0.29, 0.717) is 30.9 Å². The van der Waals surface area contributed by atoms with Crippen molar-refractivity contribution in [2.75, 3.05) is 26.7 Å². The number of ether oxygens (including phenoxy) is 1. The molecular weight excluding hydrogens is 388 g/mol. The van der Waals surface area contributed by atoms with E-state index in [1.807, 2.05) is 18.7 Å². The smallest absolute Gasteiger partial charge is 0.257 e. The number of hydrogen-bond acceptors (Lipinski definition) is 4. The molecule has 29 heavy (non-hydrogen) atoms. The Balaban J connectivity index is 2.42. The number of amides is 1. The largest absolute Gasteiger partial charge is 0.496 e. The molecule has 0 saturated carbocycles. The molecule has 0 spiro atoms. The second-order valence-electron chi connectivity index (χ2n) is 7.79. The summed E-state index contributed by atoms with van der Waals surface area (Å²) in [7, 11) is -2.12. The first kappa shape index (κ1) is 23.7. The van der Waals surface area contributed by atoms with Gasteiger partial charge in [0.15, 0.2) is 0 Å². The van der Waals surface area contributed by atoms with Crippen LogP contribution in [0.2, 0.25) is 0 Å². The van der Waals surface area contributed by atoms with E-state index < -0.39 is 10.0 Å². The van der Waals surface area contributed by atoms with Crippen LogP contribution in [-0.2, 0) is 10.0 Å². The highest BCUT2D eigenvalue weighted by Crippen LogP contribution is 2.28. The maximum Gasteiger partial charge on any atom is 0.257 e. The normalized spacial score (nSPS) is 16.8. The molecule has 1 aliphatic heterocycles. The Morgan fingerprint density at radius 3 is 2.38 bits per heavy atom.